The zero-order valence-corrected chi connectivity index (χ0v) is 16.1. The van der Waals surface area contributed by atoms with Gasteiger partial charge >= 0.3 is 0 Å². The van der Waals surface area contributed by atoms with Crippen LogP contribution in [0.15, 0.2) is 42.6 Å². The van der Waals surface area contributed by atoms with E-state index in [4.69, 9.17) is 9.47 Å². The van der Waals surface area contributed by atoms with Crippen LogP contribution in [-0.4, -0.2) is 48.5 Å². The first-order valence-corrected chi connectivity index (χ1v) is 9.63. The molecule has 5 heteroatoms. The van der Waals surface area contributed by atoms with Crippen molar-refractivity contribution in [3.05, 3.63) is 48.2 Å². The summed E-state index contributed by atoms with van der Waals surface area (Å²) in [6.07, 6.45) is 5.93. The standard InChI is InChI=1S/C22H27N3O2/c1-25(15-21-5-3-4-10-27-21)14-19-13-23-24-22(19)18-7-6-17-12-20(26-2)9-8-16(17)11-18/h6-9,11-13,21H,3-5,10,14-15H2,1-2H3,(H,23,24)/t21-/m0/s1. The van der Waals surface area contributed by atoms with Gasteiger partial charge < -0.3 is 9.47 Å². The molecule has 0 spiro atoms. The molecule has 27 heavy (non-hydrogen) atoms. The number of likely N-dealkylation sites (N-methyl/N-ethyl adjacent to an activating group) is 1. The van der Waals surface area contributed by atoms with E-state index in [1.807, 2.05) is 12.3 Å². The summed E-state index contributed by atoms with van der Waals surface area (Å²) < 4.78 is 11.2. The number of fused-ring (bicyclic) bond motifs is 1. The van der Waals surface area contributed by atoms with Crippen molar-refractivity contribution in [2.45, 2.75) is 31.9 Å². The van der Waals surface area contributed by atoms with Crippen LogP contribution in [0.2, 0.25) is 0 Å². The molecule has 0 saturated carbocycles. The summed E-state index contributed by atoms with van der Waals surface area (Å²) in [5.74, 6) is 0.879. The highest BCUT2D eigenvalue weighted by Crippen LogP contribution is 2.28. The van der Waals surface area contributed by atoms with Crippen LogP contribution >= 0.6 is 0 Å². The van der Waals surface area contributed by atoms with Crippen LogP contribution in [0.4, 0.5) is 0 Å². The molecule has 2 heterocycles. The van der Waals surface area contributed by atoms with E-state index in [0.29, 0.717) is 6.10 Å². The molecular formula is C22H27N3O2. The smallest absolute Gasteiger partial charge is 0.119 e. The molecule has 1 fully saturated rings. The van der Waals surface area contributed by atoms with Gasteiger partial charge in [-0.25, -0.2) is 0 Å². The molecule has 1 atom stereocenters. The van der Waals surface area contributed by atoms with Crippen LogP contribution in [0, 0.1) is 0 Å². The van der Waals surface area contributed by atoms with Crippen LogP contribution < -0.4 is 4.74 Å². The second-order valence-electron chi connectivity index (χ2n) is 7.38. The SMILES string of the molecule is COc1ccc2cc(-c3[nH]ncc3CN(C)C[C@@H]3CCCCO3)ccc2c1. The molecule has 1 aliphatic heterocycles. The molecule has 1 aromatic heterocycles. The molecule has 5 nitrogen and oxygen atoms in total. The molecule has 0 bridgehead atoms. The van der Waals surface area contributed by atoms with Gasteiger partial charge in [-0.05, 0) is 55.3 Å². The average molecular weight is 365 g/mol. The van der Waals surface area contributed by atoms with E-state index in [1.54, 1.807) is 7.11 Å². The number of H-pyrrole nitrogens is 1. The third-order valence-corrected chi connectivity index (χ3v) is 5.28. The van der Waals surface area contributed by atoms with Crippen molar-refractivity contribution < 1.29 is 9.47 Å². The van der Waals surface area contributed by atoms with Gasteiger partial charge in [0.1, 0.15) is 5.75 Å². The molecule has 1 saturated heterocycles. The highest BCUT2D eigenvalue weighted by atomic mass is 16.5. The summed E-state index contributed by atoms with van der Waals surface area (Å²) in [6.45, 7) is 2.71. The molecule has 1 aliphatic rings. The van der Waals surface area contributed by atoms with Crippen molar-refractivity contribution in [1.29, 1.82) is 0 Å². The number of benzene rings is 2. The number of ether oxygens (including phenoxy) is 2. The normalized spacial score (nSPS) is 17.5. The van der Waals surface area contributed by atoms with Gasteiger partial charge in [0.15, 0.2) is 0 Å². The highest BCUT2D eigenvalue weighted by Gasteiger charge is 2.17. The molecule has 0 unspecified atom stereocenters. The minimum absolute atomic E-state index is 0.356. The topological polar surface area (TPSA) is 50.4 Å². The Morgan fingerprint density at radius 2 is 2.04 bits per heavy atom. The third kappa shape index (κ3) is 4.15. The Kier molecular flexibility index (Phi) is 5.41. The maximum absolute atomic E-state index is 5.87. The molecule has 2 aromatic carbocycles. The van der Waals surface area contributed by atoms with Gasteiger partial charge in [-0.1, -0.05) is 18.2 Å². The Bertz CT molecular complexity index is 899. The van der Waals surface area contributed by atoms with E-state index in [1.165, 1.54) is 29.2 Å². The lowest BCUT2D eigenvalue weighted by atomic mass is 10.0. The molecular weight excluding hydrogens is 338 g/mol. The summed E-state index contributed by atoms with van der Waals surface area (Å²) in [6, 6.07) is 12.6. The zero-order valence-electron chi connectivity index (χ0n) is 16.1. The Morgan fingerprint density at radius 3 is 2.85 bits per heavy atom. The Morgan fingerprint density at radius 1 is 1.19 bits per heavy atom. The van der Waals surface area contributed by atoms with E-state index in [-0.39, 0.29) is 0 Å². The van der Waals surface area contributed by atoms with Crippen LogP contribution in [0.25, 0.3) is 22.0 Å². The van der Waals surface area contributed by atoms with Crippen molar-refractivity contribution in [2.24, 2.45) is 0 Å². The molecule has 1 N–H and O–H groups in total. The number of nitrogens with one attached hydrogen (secondary N) is 1. The number of nitrogens with zero attached hydrogens (tertiary/aromatic N) is 2. The van der Waals surface area contributed by atoms with Gasteiger partial charge in [0, 0.05) is 30.8 Å². The van der Waals surface area contributed by atoms with Gasteiger partial charge in [0.2, 0.25) is 0 Å². The predicted octanol–water partition coefficient (Wildman–Crippen LogP) is 4.24. The van der Waals surface area contributed by atoms with Crippen LogP contribution in [0.3, 0.4) is 0 Å². The highest BCUT2D eigenvalue weighted by molar-refractivity contribution is 5.88. The molecule has 0 amide bonds. The second kappa shape index (κ2) is 8.11. The first kappa shape index (κ1) is 18.0. The van der Waals surface area contributed by atoms with Gasteiger partial charge in [0.25, 0.3) is 0 Å². The number of hydrogen-bond acceptors (Lipinski definition) is 4. The Hall–Kier alpha value is -2.37. The summed E-state index contributed by atoms with van der Waals surface area (Å²) in [5.41, 5.74) is 3.45. The zero-order chi connectivity index (χ0) is 18.6. The third-order valence-electron chi connectivity index (χ3n) is 5.28. The summed E-state index contributed by atoms with van der Waals surface area (Å²) >= 11 is 0. The van der Waals surface area contributed by atoms with E-state index >= 15 is 0 Å². The molecule has 0 aliphatic carbocycles. The first-order chi connectivity index (χ1) is 13.2. The quantitative estimate of drug-likeness (QED) is 0.710. The fourth-order valence-electron chi connectivity index (χ4n) is 3.84. The van der Waals surface area contributed by atoms with Crippen molar-refractivity contribution in [1.82, 2.24) is 15.1 Å². The fourth-order valence-corrected chi connectivity index (χ4v) is 3.84. The number of hydrogen-bond donors (Lipinski definition) is 1. The minimum Gasteiger partial charge on any atom is -0.497 e. The lowest BCUT2D eigenvalue weighted by molar-refractivity contribution is -0.00257. The summed E-state index contributed by atoms with van der Waals surface area (Å²) in [5, 5.41) is 9.85. The largest absolute Gasteiger partial charge is 0.497 e. The van der Waals surface area contributed by atoms with E-state index < -0.39 is 0 Å². The van der Waals surface area contributed by atoms with Crippen LogP contribution in [0.1, 0.15) is 24.8 Å². The predicted molar refractivity (Wildman–Crippen MR) is 108 cm³/mol. The minimum atomic E-state index is 0.356. The van der Waals surface area contributed by atoms with Crippen molar-refractivity contribution >= 4 is 10.8 Å². The lowest BCUT2D eigenvalue weighted by Crippen LogP contribution is -2.33. The van der Waals surface area contributed by atoms with Crippen LogP contribution in [-0.2, 0) is 11.3 Å². The van der Waals surface area contributed by atoms with E-state index in [0.717, 1.165) is 43.1 Å². The fraction of sp³-hybridized carbons (Fsp3) is 0.409. The van der Waals surface area contributed by atoms with Crippen molar-refractivity contribution in [3.63, 3.8) is 0 Å². The molecule has 142 valence electrons. The molecule has 0 radical (unpaired) electrons. The molecule has 3 aromatic rings. The second-order valence-corrected chi connectivity index (χ2v) is 7.38. The van der Waals surface area contributed by atoms with E-state index in [9.17, 15) is 0 Å². The van der Waals surface area contributed by atoms with Crippen LogP contribution in [0.5, 0.6) is 5.75 Å². The van der Waals surface area contributed by atoms with Crippen molar-refractivity contribution in [3.8, 4) is 17.0 Å². The number of aromatic amines is 1. The van der Waals surface area contributed by atoms with Gasteiger partial charge in [0.05, 0.1) is 25.1 Å². The molecule has 4 rings (SSSR count). The Balaban J connectivity index is 1.51. The lowest BCUT2D eigenvalue weighted by Gasteiger charge is -2.27. The average Bonchev–Trinajstić information content (AvgIpc) is 3.15. The van der Waals surface area contributed by atoms with E-state index in [2.05, 4.69) is 52.5 Å². The number of rotatable bonds is 6. The van der Waals surface area contributed by atoms with Gasteiger partial charge in [-0.3, -0.25) is 10.00 Å². The summed E-state index contributed by atoms with van der Waals surface area (Å²) in [4.78, 5) is 2.33. The number of aromatic nitrogens is 2. The number of methoxy groups -OCH3 is 1. The first-order valence-electron chi connectivity index (χ1n) is 9.63. The Labute approximate surface area is 160 Å². The maximum atomic E-state index is 5.87. The maximum Gasteiger partial charge on any atom is 0.119 e. The summed E-state index contributed by atoms with van der Waals surface area (Å²) in [7, 11) is 3.85. The van der Waals surface area contributed by atoms with Crippen molar-refractivity contribution in [2.75, 3.05) is 27.3 Å². The monoisotopic (exact) mass is 365 g/mol. The van der Waals surface area contributed by atoms with Gasteiger partial charge in [-0.2, -0.15) is 5.10 Å². The van der Waals surface area contributed by atoms with Gasteiger partial charge in [-0.15, -0.1) is 0 Å².